The largest absolute Gasteiger partial charge is 0.330 e. The third kappa shape index (κ3) is 3.37. The molecule has 0 saturated carbocycles. The number of fused-ring (bicyclic) bond motifs is 2. The Morgan fingerprint density at radius 1 is 1.06 bits per heavy atom. The summed E-state index contributed by atoms with van der Waals surface area (Å²) in [7, 11) is 3.89. The number of imidazole rings is 1. The Balaban J connectivity index is 1.48. The Hall–Kier alpha value is -3.25. The minimum Gasteiger partial charge on any atom is -0.330 e. The number of aromatic nitrogens is 3. The first-order chi connectivity index (χ1) is 14.9. The van der Waals surface area contributed by atoms with E-state index in [1.54, 1.807) is 23.6 Å². The first-order valence-corrected chi connectivity index (χ1v) is 10.5. The van der Waals surface area contributed by atoms with Gasteiger partial charge in [0, 0.05) is 44.9 Å². The molecule has 0 amide bonds. The molecule has 0 saturated heterocycles. The van der Waals surface area contributed by atoms with Gasteiger partial charge in [0.25, 0.3) is 5.56 Å². The van der Waals surface area contributed by atoms with Crippen molar-refractivity contribution in [2.24, 2.45) is 14.1 Å². The van der Waals surface area contributed by atoms with E-state index >= 15 is 0 Å². The zero-order chi connectivity index (χ0) is 21.7. The van der Waals surface area contributed by atoms with Gasteiger partial charge in [0.1, 0.15) is 11.6 Å². The molecular weight excluding hydrogens is 391 g/mol. The van der Waals surface area contributed by atoms with Crippen LogP contribution in [0.3, 0.4) is 0 Å². The van der Waals surface area contributed by atoms with Crippen LogP contribution in [-0.4, -0.2) is 25.6 Å². The molecule has 1 aliphatic rings. The van der Waals surface area contributed by atoms with Crippen molar-refractivity contribution in [3.8, 4) is 11.1 Å². The Morgan fingerprint density at radius 2 is 1.87 bits per heavy atom. The molecule has 0 bridgehead atoms. The molecule has 0 N–H and O–H groups in total. The number of nitrogens with zero attached hydrogens (tertiary/aromatic N) is 4. The van der Waals surface area contributed by atoms with Crippen molar-refractivity contribution >= 4 is 11.0 Å². The van der Waals surface area contributed by atoms with Gasteiger partial charge >= 0.3 is 0 Å². The maximum atomic E-state index is 13.7. The minimum absolute atomic E-state index is 0.0337. The molecule has 0 fully saturated rings. The van der Waals surface area contributed by atoms with Crippen LogP contribution in [0, 0.1) is 12.7 Å². The van der Waals surface area contributed by atoms with Gasteiger partial charge in [-0.3, -0.25) is 9.69 Å². The van der Waals surface area contributed by atoms with E-state index in [0.717, 1.165) is 59.7 Å². The van der Waals surface area contributed by atoms with Crippen molar-refractivity contribution in [3.05, 3.63) is 87.3 Å². The average Bonchev–Trinajstić information content (AvgIpc) is 3.08. The van der Waals surface area contributed by atoms with Crippen LogP contribution in [0.25, 0.3) is 22.2 Å². The van der Waals surface area contributed by atoms with Gasteiger partial charge in [0.15, 0.2) is 0 Å². The van der Waals surface area contributed by atoms with E-state index in [9.17, 15) is 9.18 Å². The predicted molar refractivity (Wildman–Crippen MR) is 120 cm³/mol. The second kappa shape index (κ2) is 7.46. The lowest BCUT2D eigenvalue weighted by atomic mass is 9.98. The molecule has 31 heavy (non-hydrogen) atoms. The number of para-hydroxylation sites is 2. The summed E-state index contributed by atoms with van der Waals surface area (Å²) >= 11 is 0. The third-order valence-electron chi connectivity index (χ3n) is 6.40. The highest BCUT2D eigenvalue weighted by Crippen LogP contribution is 2.26. The van der Waals surface area contributed by atoms with Crippen molar-refractivity contribution in [1.82, 2.24) is 19.0 Å². The molecule has 4 aromatic rings. The number of pyridine rings is 1. The van der Waals surface area contributed by atoms with Crippen LogP contribution in [0.5, 0.6) is 0 Å². The van der Waals surface area contributed by atoms with E-state index in [1.807, 2.05) is 31.3 Å². The van der Waals surface area contributed by atoms with Gasteiger partial charge in [-0.25, -0.2) is 9.37 Å². The molecule has 0 unspecified atom stereocenters. The molecule has 0 spiro atoms. The van der Waals surface area contributed by atoms with Crippen molar-refractivity contribution in [2.75, 3.05) is 6.54 Å². The number of hydrogen-bond acceptors (Lipinski definition) is 3. The van der Waals surface area contributed by atoms with Crippen LogP contribution in [0.4, 0.5) is 4.39 Å². The van der Waals surface area contributed by atoms with Gasteiger partial charge in [-0.1, -0.05) is 18.2 Å². The summed E-state index contributed by atoms with van der Waals surface area (Å²) in [6, 6.07) is 15.0. The van der Waals surface area contributed by atoms with Gasteiger partial charge in [0.2, 0.25) is 0 Å². The molecule has 6 heteroatoms. The van der Waals surface area contributed by atoms with Gasteiger partial charge < -0.3 is 9.13 Å². The van der Waals surface area contributed by atoms with E-state index in [-0.39, 0.29) is 11.4 Å². The molecular formula is C25H25FN4O. The Morgan fingerprint density at radius 3 is 2.65 bits per heavy atom. The molecule has 0 aliphatic carbocycles. The van der Waals surface area contributed by atoms with Crippen molar-refractivity contribution in [3.63, 3.8) is 0 Å². The smallest absolute Gasteiger partial charge is 0.258 e. The quantitative estimate of drug-likeness (QED) is 0.508. The molecule has 5 rings (SSSR count). The fourth-order valence-electron chi connectivity index (χ4n) is 4.58. The van der Waals surface area contributed by atoms with Gasteiger partial charge in [-0.15, -0.1) is 0 Å². The molecule has 158 valence electrons. The lowest BCUT2D eigenvalue weighted by Crippen LogP contribution is -2.35. The molecule has 0 radical (unpaired) electrons. The van der Waals surface area contributed by atoms with Crippen LogP contribution in [0.1, 0.15) is 22.6 Å². The maximum absolute atomic E-state index is 13.7. The van der Waals surface area contributed by atoms with E-state index in [2.05, 4.69) is 22.6 Å². The lowest BCUT2D eigenvalue weighted by molar-refractivity contribution is 0.233. The highest BCUT2D eigenvalue weighted by molar-refractivity contribution is 5.75. The minimum atomic E-state index is -0.257. The van der Waals surface area contributed by atoms with Crippen molar-refractivity contribution < 1.29 is 4.39 Å². The van der Waals surface area contributed by atoms with E-state index in [4.69, 9.17) is 4.98 Å². The van der Waals surface area contributed by atoms with E-state index in [1.165, 1.54) is 6.07 Å². The third-order valence-corrected chi connectivity index (χ3v) is 6.40. The number of halogens is 1. The highest BCUT2D eigenvalue weighted by Gasteiger charge is 2.23. The maximum Gasteiger partial charge on any atom is 0.258 e. The van der Waals surface area contributed by atoms with Crippen molar-refractivity contribution in [2.45, 2.75) is 26.4 Å². The molecule has 1 aliphatic heterocycles. The second-order valence-corrected chi connectivity index (χ2v) is 8.39. The van der Waals surface area contributed by atoms with E-state index < -0.39 is 0 Å². The molecule has 3 heterocycles. The van der Waals surface area contributed by atoms with E-state index in [0.29, 0.717) is 11.1 Å². The Labute approximate surface area is 180 Å². The molecule has 0 atom stereocenters. The Kier molecular flexibility index (Phi) is 4.74. The first-order valence-electron chi connectivity index (χ1n) is 10.5. The summed E-state index contributed by atoms with van der Waals surface area (Å²) < 4.78 is 17.6. The highest BCUT2D eigenvalue weighted by atomic mass is 19.1. The SMILES string of the molecule is Cc1cc(-c2cc3c(n(C)c2=O)CCN(Cc2nc4ccccc4n2C)C3)ccc1F. The summed E-state index contributed by atoms with van der Waals surface area (Å²) in [6.07, 6.45) is 0.813. The van der Waals surface area contributed by atoms with Crippen LogP contribution in [0.15, 0.2) is 53.3 Å². The topological polar surface area (TPSA) is 43.1 Å². The van der Waals surface area contributed by atoms with Crippen molar-refractivity contribution in [1.29, 1.82) is 0 Å². The summed E-state index contributed by atoms with van der Waals surface area (Å²) in [4.78, 5) is 20.2. The lowest BCUT2D eigenvalue weighted by Gasteiger charge is -2.30. The number of hydrogen-bond donors (Lipinski definition) is 0. The first kappa shape index (κ1) is 19.7. The van der Waals surface area contributed by atoms with Gasteiger partial charge in [-0.05, 0) is 53.9 Å². The summed E-state index contributed by atoms with van der Waals surface area (Å²) in [5, 5.41) is 0. The summed E-state index contributed by atoms with van der Waals surface area (Å²) in [5.41, 5.74) is 6.25. The standard InChI is InChI=1S/C25H25FN4O/c1-16-12-17(8-9-20(16)26)19-13-18-14-30(11-10-22(18)29(3)25(19)31)15-24-27-21-6-4-5-7-23(21)28(24)2/h4-9,12-13H,10-11,14-15H2,1-3H3. The summed E-state index contributed by atoms with van der Waals surface area (Å²) in [6.45, 7) is 4.09. The van der Waals surface area contributed by atoms with Crippen LogP contribution < -0.4 is 5.56 Å². The number of benzene rings is 2. The van der Waals surface area contributed by atoms with Gasteiger partial charge in [-0.2, -0.15) is 0 Å². The average molecular weight is 417 g/mol. The number of rotatable bonds is 3. The molecule has 2 aromatic carbocycles. The monoisotopic (exact) mass is 416 g/mol. The van der Waals surface area contributed by atoms with Gasteiger partial charge in [0.05, 0.1) is 17.6 Å². The zero-order valence-electron chi connectivity index (χ0n) is 18.0. The molecule has 2 aromatic heterocycles. The molecule has 5 nitrogen and oxygen atoms in total. The normalized spacial score (nSPS) is 14.2. The predicted octanol–water partition coefficient (Wildman–Crippen LogP) is 3.94. The Bertz CT molecular complexity index is 1370. The second-order valence-electron chi connectivity index (χ2n) is 8.39. The van der Waals surface area contributed by atoms with Crippen LogP contribution in [-0.2, 0) is 33.6 Å². The fourth-order valence-corrected chi connectivity index (χ4v) is 4.58. The zero-order valence-corrected chi connectivity index (χ0v) is 18.0. The summed E-state index contributed by atoms with van der Waals surface area (Å²) in [5.74, 6) is 0.774. The number of aryl methyl sites for hydroxylation is 2. The van der Waals surface area contributed by atoms with Crippen LogP contribution >= 0.6 is 0 Å². The fraction of sp³-hybridized carbons (Fsp3) is 0.280. The van der Waals surface area contributed by atoms with Crippen LogP contribution in [0.2, 0.25) is 0 Å².